The highest BCUT2D eigenvalue weighted by Crippen LogP contribution is 2.43. The number of aliphatic hydroxyl groups excluding tert-OH is 1. The minimum Gasteiger partial charge on any atom is -0.390 e. The fourth-order valence-corrected chi connectivity index (χ4v) is 2.47. The first-order valence-corrected chi connectivity index (χ1v) is 6.25. The summed E-state index contributed by atoms with van der Waals surface area (Å²) in [5, 5.41) is 17.4. The quantitative estimate of drug-likeness (QED) is 0.811. The van der Waals surface area contributed by atoms with E-state index in [1.807, 2.05) is 0 Å². The first-order valence-electron chi connectivity index (χ1n) is 5.46. The van der Waals surface area contributed by atoms with Gasteiger partial charge < -0.3 is 10.2 Å². The van der Waals surface area contributed by atoms with Gasteiger partial charge in [0.15, 0.2) is 0 Å². The minimum atomic E-state index is -5.06. The lowest BCUT2D eigenvalue weighted by molar-refractivity contribution is -0.295. The third-order valence-electron chi connectivity index (χ3n) is 2.91. The maximum Gasteiger partial charge on any atom is 0.424 e. The lowest BCUT2D eigenvalue weighted by atomic mass is 9.40. The van der Waals surface area contributed by atoms with Gasteiger partial charge in [0.05, 0.1) is 29.6 Å². The summed E-state index contributed by atoms with van der Waals surface area (Å²) in [6, 6.07) is 3.08. The average molecular weight is 343 g/mol. The molecule has 2 unspecified atom stereocenters. The number of alkyl halides is 3. The summed E-state index contributed by atoms with van der Waals surface area (Å²) in [6.07, 6.45) is -7.13. The summed E-state index contributed by atoms with van der Waals surface area (Å²) >= 11 is 2.99. The van der Waals surface area contributed by atoms with E-state index < -0.39 is 28.6 Å². The minimum absolute atomic E-state index is 0.0887. The number of benzene rings is 1. The Bertz CT molecular complexity index is 503. The van der Waals surface area contributed by atoms with Crippen molar-refractivity contribution in [3.05, 3.63) is 33.8 Å². The highest BCUT2D eigenvalue weighted by Gasteiger charge is 2.58. The zero-order valence-electron chi connectivity index (χ0n) is 10.4. The molecule has 102 valence electrons. The molecule has 0 bridgehead atoms. The fraction of sp³-hybridized carbons (Fsp3) is 0.455. The van der Waals surface area contributed by atoms with Crippen LogP contribution >= 0.6 is 15.9 Å². The van der Waals surface area contributed by atoms with Gasteiger partial charge in [0, 0.05) is 4.47 Å². The van der Waals surface area contributed by atoms with Gasteiger partial charge in [-0.1, -0.05) is 33.6 Å². The van der Waals surface area contributed by atoms with Gasteiger partial charge in [0.1, 0.15) is 0 Å². The SMILES string of the molecule is [B]C([B])([B])c1ccc(C(O)(C(C)O)C(F)(F)F)cc1Br. The summed E-state index contributed by atoms with van der Waals surface area (Å²) in [6.45, 7) is 0.842. The van der Waals surface area contributed by atoms with E-state index >= 15 is 0 Å². The van der Waals surface area contributed by atoms with Gasteiger partial charge in [0.25, 0.3) is 0 Å². The van der Waals surface area contributed by atoms with Gasteiger partial charge in [-0.15, -0.1) is 5.11 Å². The van der Waals surface area contributed by atoms with Gasteiger partial charge in [-0.05, 0) is 18.6 Å². The fourth-order valence-electron chi connectivity index (χ4n) is 1.75. The first kappa shape index (κ1) is 17.7. The summed E-state index contributed by atoms with van der Waals surface area (Å²) in [4.78, 5) is 0. The van der Waals surface area contributed by atoms with E-state index in [0.29, 0.717) is 0 Å². The highest BCUT2D eigenvalue weighted by atomic mass is 79.9. The molecule has 0 aromatic heterocycles. The van der Waals surface area contributed by atoms with Gasteiger partial charge in [-0.2, -0.15) is 13.2 Å². The van der Waals surface area contributed by atoms with Gasteiger partial charge in [-0.25, -0.2) is 0 Å². The van der Waals surface area contributed by atoms with Crippen molar-refractivity contribution < 1.29 is 23.4 Å². The molecule has 2 nitrogen and oxygen atoms in total. The van der Waals surface area contributed by atoms with Gasteiger partial charge in [-0.3, -0.25) is 0 Å². The molecule has 20 heavy (non-hydrogen) atoms. The van der Waals surface area contributed by atoms with Crippen LogP contribution in [0.25, 0.3) is 0 Å². The molecule has 0 amide bonds. The predicted octanol–water partition coefficient (Wildman–Crippen LogP) is 1.20. The van der Waals surface area contributed by atoms with Crippen LogP contribution in [0.2, 0.25) is 0 Å². The molecule has 0 aliphatic heterocycles. The molecular formula is C11H9B3BrF3O2. The Morgan fingerprint density at radius 2 is 1.70 bits per heavy atom. The van der Waals surface area contributed by atoms with Crippen LogP contribution in [0.15, 0.2) is 22.7 Å². The number of aliphatic hydroxyl groups is 2. The van der Waals surface area contributed by atoms with Crippen molar-refractivity contribution in [3.8, 4) is 0 Å². The standard InChI is InChI=1S/C11H9B3BrF3O2/c1-5(19)9(20,11(16,17)18)6-2-3-7(8(15)4-6)10(12,13)14/h2-5,19-20H,1H3. The summed E-state index contributed by atoms with van der Waals surface area (Å²) < 4.78 is 39.1. The second-order valence-corrected chi connectivity index (χ2v) is 5.42. The molecule has 0 spiro atoms. The number of halogens is 4. The van der Waals surface area contributed by atoms with Crippen molar-refractivity contribution in [1.82, 2.24) is 0 Å². The van der Waals surface area contributed by atoms with E-state index in [9.17, 15) is 23.4 Å². The second-order valence-electron chi connectivity index (χ2n) is 4.57. The molecular weight excluding hydrogens is 333 g/mol. The summed E-state index contributed by atoms with van der Waals surface area (Å²) in [5.41, 5.74) is -3.81. The molecule has 0 saturated heterocycles. The van der Waals surface area contributed by atoms with E-state index in [-0.39, 0.29) is 10.0 Å². The molecule has 6 radical (unpaired) electrons. The van der Waals surface area contributed by atoms with Crippen molar-refractivity contribution in [2.45, 2.75) is 29.9 Å². The summed E-state index contributed by atoms with van der Waals surface area (Å²) in [5.74, 6) is 0. The molecule has 0 aliphatic rings. The second kappa shape index (κ2) is 5.42. The molecule has 9 heteroatoms. The Hall–Kier alpha value is -0.395. The highest BCUT2D eigenvalue weighted by molar-refractivity contribution is 9.10. The van der Waals surface area contributed by atoms with E-state index in [0.717, 1.165) is 25.1 Å². The molecule has 2 N–H and O–H groups in total. The maximum absolute atomic E-state index is 13.0. The Morgan fingerprint density at radius 1 is 1.20 bits per heavy atom. The Balaban J connectivity index is 3.44. The van der Waals surface area contributed by atoms with E-state index in [1.165, 1.54) is 0 Å². The lowest BCUT2D eigenvalue weighted by Crippen LogP contribution is -2.50. The van der Waals surface area contributed by atoms with Crippen molar-refractivity contribution in [3.63, 3.8) is 0 Å². The van der Waals surface area contributed by atoms with E-state index in [1.54, 1.807) is 0 Å². The Kier molecular flexibility index (Phi) is 4.79. The smallest absolute Gasteiger partial charge is 0.390 e. The van der Waals surface area contributed by atoms with Crippen LogP contribution in [-0.2, 0) is 10.7 Å². The monoisotopic (exact) mass is 342 g/mol. The number of hydrogen-bond acceptors (Lipinski definition) is 2. The Labute approximate surface area is 127 Å². The molecule has 0 fully saturated rings. The molecule has 1 rings (SSSR count). The van der Waals surface area contributed by atoms with Gasteiger partial charge >= 0.3 is 6.18 Å². The average Bonchev–Trinajstić information content (AvgIpc) is 2.23. The maximum atomic E-state index is 13.0. The molecule has 1 aromatic rings. The lowest BCUT2D eigenvalue weighted by Gasteiger charge is -2.34. The third-order valence-corrected chi connectivity index (χ3v) is 3.57. The third kappa shape index (κ3) is 3.09. The van der Waals surface area contributed by atoms with Gasteiger partial charge in [0.2, 0.25) is 5.60 Å². The topological polar surface area (TPSA) is 40.5 Å². The molecule has 1 aromatic carbocycles. The van der Waals surface area contributed by atoms with E-state index in [2.05, 4.69) is 15.9 Å². The predicted molar refractivity (Wildman–Crippen MR) is 74.7 cm³/mol. The first-order chi connectivity index (χ1) is 8.81. The normalized spacial score (nSPS) is 17.6. The van der Waals surface area contributed by atoms with Crippen LogP contribution in [0.5, 0.6) is 0 Å². The van der Waals surface area contributed by atoms with Crippen molar-refractivity contribution in [1.29, 1.82) is 0 Å². The zero-order chi connectivity index (χ0) is 15.9. The van der Waals surface area contributed by atoms with Crippen molar-refractivity contribution in [2.24, 2.45) is 0 Å². The van der Waals surface area contributed by atoms with Crippen LogP contribution in [0.4, 0.5) is 13.2 Å². The Morgan fingerprint density at radius 3 is 2.00 bits per heavy atom. The number of hydrogen-bond donors (Lipinski definition) is 2. The molecule has 0 saturated carbocycles. The van der Waals surface area contributed by atoms with Crippen LogP contribution in [0.3, 0.4) is 0 Å². The zero-order valence-corrected chi connectivity index (χ0v) is 12.0. The largest absolute Gasteiger partial charge is 0.424 e. The van der Waals surface area contributed by atoms with Crippen LogP contribution in [-0.4, -0.2) is 46.0 Å². The molecule has 0 heterocycles. The van der Waals surface area contributed by atoms with E-state index in [4.69, 9.17) is 23.5 Å². The van der Waals surface area contributed by atoms with Crippen LogP contribution in [0, 0.1) is 0 Å². The van der Waals surface area contributed by atoms with Crippen LogP contribution < -0.4 is 0 Å². The van der Waals surface area contributed by atoms with Crippen LogP contribution in [0.1, 0.15) is 18.1 Å². The molecule has 0 aliphatic carbocycles. The van der Waals surface area contributed by atoms with Crippen molar-refractivity contribution >= 4 is 39.5 Å². The summed E-state index contributed by atoms with van der Waals surface area (Å²) in [7, 11) is 16.4. The number of rotatable bonds is 3. The van der Waals surface area contributed by atoms with Crippen molar-refractivity contribution in [2.75, 3.05) is 0 Å². The molecule has 2 atom stereocenters.